The molecule has 0 radical (unpaired) electrons. The van der Waals surface area contributed by atoms with E-state index in [4.69, 9.17) is 33.2 Å². The quantitative estimate of drug-likeness (QED) is 0.531. The Morgan fingerprint density at radius 2 is 1.31 bits per heavy atom. The van der Waals surface area contributed by atoms with E-state index in [1.807, 2.05) is 20.8 Å². The van der Waals surface area contributed by atoms with Crippen LogP contribution >= 0.6 is 33.2 Å². The third kappa shape index (κ3) is 2.63. The fourth-order valence-electron chi connectivity index (χ4n) is 1.63. The molecule has 0 heterocycles. The summed E-state index contributed by atoms with van der Waals surface area (Å²) in [5.74, 6) is 0. The Kier molecular flexibility index (Phi) is 3.34. The van der Waals surface area contributed by atoms with Crippen LogP contribution in [-0.2, 0) is 0 Å². The zero-order valence-corrected chi connectivity index (χ0v) is 11.1. The minimum absolute atomic E-state index is 0.933. The van der Waals surface area contributed by atoms with E-state index in [2.05, 4.69) is 12.1 Å². The molecule has 0 aliphatic rings. The van der Waals surface area contributed by atoms with Gasteiger partial charge in [-0.2, -0.15) is 0 Å². The highest BCUT2D eigenvalue weighted by Gasteiger charge is 2.31. The highest BCUT2D eigenvalue weighted by atomic mass is 35.8. The van der Waals surface area contributed by atoms with Gasteiger partial charge in [-0.05, 0) is 37.1 Å². The second-order valence-electron chi connectivity index (χ2n) is 3.27. The SMILES string of the molecule is Cc1cc(C)c([Si](Cl)(Cl)Cl)c(C)c1. The van der Waals surface area contributed by atoms with E-state index in [0.717, 1.165) is 16.3 Å². The van der Waals surface area contributed by atoms with Gasteiger partial charge < -0.3 is 0 Å². The van der Waals surface area contributed by atoms with Crippen molar-refractivity contribution in [2.75, 3.05) is 0 Å². The largest absolute Gasteiger partial charge is 0.373 e. The summed E-state index contributed by atoms with van der Waals surface area (Å²) in [4.78, 5) is 0. The van der Waals surface area contributed by atoms with Gasteiger partial charge in [0.15, 0.2) is 0 Å². The molecule has 0 bridgehead atoms. The number of benzene rings is 1. The van der Waals surface area contributed by atoms with E-state index >= 15 is 0 Å². The van der Waals surface area contributed by atoms with Gasteiger partial charge in [-0.15, -0.1) is 33.2 Å². The lowest BCUT2D eigenvalue weighted by Crippen LogP contribution is -2.34. The summed E-state index contributed by atoms with van der Waals surface area (Å²) in [6.45, 7) is 6.03. The number of rotatable bonds is 1. The predicted molar refractivity (Wildman–Crippen MR) is 63.6 cm³/mol. The third-order valence-electron chi connectivity index (χ3n) is 1.96. The fraction of sp³-hybridized carbons (Fsp3) is 0.333. The van der Waals surface area contributed by atoms with Gasteiger partial charge in [-0.25, -0.2) is 0 Å². The predicted octanol–water partition coefficient (Wildman–Crippen LogP) is 3.47. The third-order valence-corrected chi connectivity index (χ3v) is 5.02. The summed E-state index contributed by atoms with van der Waals surface area (Å²) in [5.41, 5.74) is 3.38. The van der Waals surface area contributed by atoms with Crippen LogP contribution in [0.1, 0.15) is 16.7 Å². The normalized spacial score (nSPS) is 11.8. The molecule has 13 heavy (non-hydrogen) atoms. The Labute approximate surface area is 93.9 Å². The summed E-state index contributed by atoms with van der Waals surface area (Å²) in [5, 5.41) is 0.933. The highest BCUT2D eigenvalue weighted by molar-refractivity contribution is 7.69. The Bertz CT molecular complexity index is 305. The molecular formula is C9H11Cl3Si. The molecule has 1 aromatic rings. The summed E-state index contributed by atoms with van der Waals surface area (Å²) in [6.07, 6.45) is 0. The van der Waals surface area contributed by atoms with Gasteiger partial charge in [0.2, 0.25) is 0 Å². The second kappa shape index (κ2) is 3.82. The van der Waals surface area contributed by atoms with Gasteiger partial charge in [-0.1, -0.05) is 17.7 Å². The van der Waals surface area contributed by atoms with Crippen LogP contribution in [0.4, 0.5) is 0 Å². The smallest absolute Gasteiger partial charge is 0.121 e. The molecular weight excluding hydrogens is 243 g/mol. The van der Waals surface area contributed by atoms with E-state index < -0.39 is 6.00 Å². The van der Waals surface area contributed by atoms with Crippen molar-refractivity contribution in [2.24, 2.45) is 0 Å². The lowest BCUT2D eigenvalue weighted by atomic mass is 10.1. The minimum atomic E-state index is -2.73. The molecule has 0 spiro atoms. The van der Waals surface area contributed by atoms with Crippen LogP contribution in [0.15, 0.2) is 12.1 Å². The van der Waals surface area contributed by atoms with Crippen LogP contribution in [0.2, 0.25) is 0 Å². The van der Waals surface area contributed by atoms with Crippen molar-refractivity contribution in [1.29, 1.82) is 0 Å². The molecule has 4 heteroatoms. The molecule has 0 aliphatic carbocycles. The highest BCUT2D eigenvalue weighted by Crippen LogP contribution is 2.23. The fourth-order valence-corrected chi connectivity index (χ4v) is 5.35. The van der Waals surface area contributed by atoms with Crippen LogP contribution < -0.4 is 5.19 Å². The molecule has 0 aromatic heterocycles. The monoisotopic (exact) mass is 252 g/mol. The van der Waals surface area contributed by atoms with Crippen LogP contribution in [0, 0.1) is 20.8 Å². The molecule has 0 unspecified atom stereocenters. The molecule has 0 aliphatic heterocycles. The van der Waals surface area contributed by atoms with Gasteiger partial charge in [-0.3, -0.25) is 0 Å². The van der Waals surface area contributed by atoms with Gasteiger partial charge in [0, 0.05) is 0 Å². The zero-order chi connectivity index (χ0) is 10.2. The second-order valence-corrected chi connectivity index (χ2v) is 11.6. The Morgan fingerprint density at radius 3 is 1.62 bits per heavy atom. The van der Waals surface area contributed by atoms with Crippen molar-refractivity contribution < 1.29 is 0 Å². The van der Waals surface area contributed by atoms with Gasteiger partial charge in [0.1, 0.15) is 0 Å². The molecule has 0 saturated heterocycles. The van der Waals surface area contributed by atoms with E-state index in [0.29, 0.717) is 0 Å². The molecule has 0 N–H and O–H groups in total. The van der Waals surface area contributed by atoms with E-state index in [1.54, 1.807) is 0 Å². The molecule has 0 amide bonds. The maximum absolute atomic E-state index is 5.99. The Hall–Kier alpha value is 0.307. The molecule has 1 rings (SSSR count). The van der Waals surface area contributed by atoms with E-state index in [1.165, 1.54) is 5.56 Å². The molecule has 0 atom stereocenters. The number of halogens is 3. The lowest BCUT2D eigenvalue weighted by Gasteiger charge is -2.15. The number of hydrogen-bond donors (Lipinski definition) is 0. The first-order valence-corrected chi connectivity index (χ1v) is 9.01. The summed E-state index contributed by atoms with van der Waals surface area (Å²) >= 11 is 18.0. The molecule has 0 saturated carbocycles. The first-order valence-electron chi connectivity index (χ1n) is 3.97. The molecule has 0 nitrogen and oxygen atoms in total. The Balaban J connectivity index is 3.38. The van der Waals surface area contributed by atoms with Gasteiger partial charge in [0.25, 0.3) is 0 Å². The maximum atomic E-state index is 5.99. The van der Waals surface area contributed by atoms with E-state index in [-0.39, 0.29) is 0 Å². The van der Waals surface area contributed by atoms with Crippen LogP contribution in [0.3, 0.4) is 0 Å². The van der Waals surface area contributed by atoms with Crippen molar-refractivity contribution in [3.63, 3.8) is 0 Å². The van der Waals surface area contributed by atoms with E-state index in [9.17, 15) is 0 Å². The molecule has 1 aromatic carbocycles. The van der Waals surface area contributed by atoms with Crippen molar-refractivity contribution in [2.45, 2.75) is 20.8 Å². The van der Waals surface area contributed by atoms with Crippen molar-refractivity contribution in [3.8, 4) is 0 Å². The number of hydrogen-bond acceptors (Lipinski definition) is 0. The van der Waals surface area contributed by atoms with Crippen LogP contribution in [-0.4, -0.2) is 6.00 Å². The number of aryl methyl sites for hydroxylation is 3. The summed E-state index contributed by atoms with van der Waals surface area (Å²) in [6, 6.07) is 1.38. The van der Waals surface area contributed by atoms with Gasteiger partial charge in [0.05, 0.1) is 0 Å². The molecule has 0 fully saturated rings. The molecule has 72 valence electrons. The van der Waals surface area contributed by atoms with Crippen molar-refractivity contribution in [1.82, 2.24) is 0 Å². The van der Waals surface area contributed by atoms with Crippen molar-refractivity contribution in [3.05, 3.63) is 28.8 Å². The average molecular weight is 254 g/mol. The van der Waals surface area contributed by atoms with Crippen LogP contribution in [0.25, 0.3) is 0 Å². The first kappa shape index (κ1) is 11.4. The first-order chi connectivity index (χ1) is 5.82. The average Bonchev–Trinajstić information content (AvgIpc) is 1.78. The van der Waals surface area contributed by atoms with Crippen LogP contribution in [0.5, 0.6) is 0 Å². The lowest BCUT2D eigenvalue weighted by molar-refractivity contribution is 1.35. The summed E-state index contributed by atoms with van der Waals surface area (Å²) in [7, 11) is 0. The van der Waals surface area contributed by atoms with Crippen molar-refractivity contribution >= 4 is 44.4 Å². The summed E-state index contributed by atoms with van der Waals surface area (Å²) < 4.78 is 0. The maximum Gasteiger partial charge on any atom is 0.373 e. The topological polar surface area (TPSA) is 0 Å². The minimum Gasteiger partial charge on any atom is -0.121 e. The zero-order valence-electron chi connectivity index (χ0n) is 7.79. The Morgan fingerprint density at radius 1 is 0.923 bits per heavy atom. The van der Waals surface area contributed by atoms with Gasteiger partial charge >= 0.3 is 6.00 Å². The standard InChI is InChI=1S/C9H11Cl3Si/c1-6-4-7(2)9(8(3)5-6)13(10,11)12/h4-5H,1-3H3.